The number of hydrogen-bond acceptors (Lipinski definition) is 1. The lowest BCUT2D eigenvalue weighted by molar-refractivity contribution is -0.146. The van der Waals surface area contributed by atoms with Crippen LogP contribution < -0.4 is 0 Å². The van der Waals surface area contributed by atoms with E-state index in [2.05, 4.69) is 11.8 Å². The van der Waals surface area contributed by atoms with Crippen LogP contribution in [0.3, 0.4) is 0 Å². The van der Waals surface area contributed by atoms with Gasteiger partial charge in [0.05, 0.1) is 5.41 Å². The second kappa shape index (κ2) is 3.74. The molecule has 0 N–H and O–H groups in total. The molecule has 5 rings (SSSR count). The molecular formula is C16H25NO. The van der Waals surface area contributed by atoms with Crippen LogP contribution in [0.15, 0.2) is 0 Å². The molecule has 0 aromatic rings. The quantitative estimate of drug-likeness (QED) is 0.697. The Balaban J connectivity index is 1.58. The lowest BCUT2D eigenvalue weighted by Gasteiger charge is -2.39. The van der Waals surface area contributed by atoms with Gasteiger partial charge in [0, 0.05) is 13.1 Å². The first-order valence-corrected chi connectivity index (χ1v) is 7.97. The van der Waals surface area contributed by atoms with Crippen LogP contribution in [0.1, 0.15) is 51.9 Å². The van der Waals surface area contributed by atoms with Gasteiger partial charge in [0.25, 0.3) is 0 Å². The molecule has 1 heterocycles. The van der Waals surface area contributed by atoms with Crippen molar-refractivity contribution in [3.63, 3.8) is 0 Å². The number of amides is 1. The average molecular weight is 247 g/mol. The minimum absolute atomic E-state index is 0.116. The summed E-state index contributed by atoms with van der Waals surface area (Å²) in [6, 6.07) is 0. The number of nitrogens with zero attached hydrogens (tertiary/aromatic N) is 1. The van der Waals surface area contributed by atoms with Gasteiger partial charge in [-0.05, 0) is 68.6 Å². The van der Waals surface area contributed by atoms with Crippen LogP contribution >= 0.6 is 0 Å². The van der Waals surface area contributed by atoms with Crippen molar-refractivity contribution in [2.75, 3.05) is 13.1 Å². The monoisotopic (exact) mass is 247 g/mol. The molecule has 0 aromatic carbocycles. The maximum absolute atomic E-state index is 13.0. The van der Waals surface area contributed by atoms with Crippen LogP contribution in [0.25, 0.3) is 0 Å². The van der Waals surface area contributed by atoms with Gasteiger partial charge in [-0.25, -0.2) is 0 Å². The fraction of sp³-hybridized carbons (Fsp3) is 0.938. The third-order valence-corrected chi connectivity index (χ3v) is 6.36. The first-order chi connectivity index (χ1) is 8.67. The molecule has 100 valence electrons. The van der Waals surface area contributed by atoms with Crippen LogP contribution in [0.2, 0.25) is 0 Å². The summed E-state index contributed by atoms with van der Waals surface area (Å²) in [4.78, 5) is 15.3. The second-order valence-electron chi connectivity index (χ2n) is 7.70. The van der Waals surface area contributed by atoms with E-state index in [4.69, 9.17) is 0 Å². The Morgan fingerprint density at radius 1 is 1.17 bits per heavy atom. The summed E-state index contributed by atoms with van der Waals surface area (Å²) in [5.41, 5.74) is 0.116. The molecule has 1 saturated heterocycles. The van der Waals surface area contributed by atoms with E-state index >= 15 is 0 Å². The van der Waals surface area contributed by atoms with Gasteiger partial charge in [-0.2, -0.15) is 0 Å². The van der Waals surface area contributed by atoms with E-state index < -0.39 is 0 Å². The molecule has 5 fully saturated rings. The second-order valence-corrected chi connectivity index (χ2v) is 7.70. The van der Waals surface area contributed by atoms with Gasteiger partial charge in [-0.3, -0.25) is 4.79 Å². The highest BCUT2D eigenvalue weighted by atomic mass is 16.2. The van der Waals surface area contributed by atoms with Crippen LogP contribution in [0.4, 0.5) is 0 Å². The SMILES string of the molecule is CC1CCCN(C(=O)C23CC4CC(CC2C4)C3)C1. The number of hydrogen-bond donors (Lipinski definition) is 0. The van der Waals surface area contributed by atoms with Crippen LogP contribution in [-0.2, 0) is 4.79 Å². The molecule has 2 heteroatoms. The third-order valence-electron chi connectivity index (χ3n) is 6.36. The molecule has 3 atom stereocenters. The Bertz CT molecular complexity index is 363. The van der Waals surface area contributed by atoms with Crippen molar-refractivity contribution in [2.45, 2.75) is 51.9 Å². The standard InChI is InChI=1S/C16H25NO/c1-11-3-2-4-17(10-11)15(18)16-8-12-5-13(9-16)7-14(16)6-12/h11-14H,2-10H2,1H3. The highest BCUT2D eigenvalue weighted by Crippen LogP contribution is 2.66. The Hall–Kier alpha value is -0.530. The zero-order valence-electron chi connectivity index (χ0n) is 11.5. The number of carbonyl (C=O) groups excluding carboxylic acids is 1. The lowest BCUT2D eigenvalue weighted by atomic mass is 9.74. The van der Waals surface area contributed by atoms with E-state index in [1.54, 1.807) is 0 Å². The maximum atomic E-state index is 13.0. The number of piperidine rings is 1. The topological polar surface area (TPSA) is 20.3 Å². The summed E-state index contributed by atoms with van der Waals surface area (Å²) in [5, 5.41) is 0. The molecule has 1 amide bonds. The van der Waals surface area contributed by atoms with Gasteiger partial charge in [0.2, 0.25) is 5.91 Å². The molecule has 4 bridgehead atoms. The smallest absolute Gasteiger partial charge is 0.229 e. The van der Waals surface area contributed by atoms with Gasteiger partial charge < -0.3 is 4.90 Å². The summed E-state index contributed by atoms with van der Waals surface area (Å²) in [6.07, 6.45) is 9.17. The highest BCUT2D eigenvalue weighted by molar-refractivity contribution is 5.84. The minimum Gasteiger partial charge on any atom is -0.342 e. The normalized spacial score (nSPS) is 49.9. The van der Waals surface area contributed by atoms with E-state index in [9.17, 15) is 4.79 Å². The zero-order valence-corrected chi connectivity index (χ0v) is 11.5. The summed E-state index contributed by atoms with van der Waals surface area (Å²) in [7, 11) is 0. The molecular weight excluding hydrogens is 222 g/mol. The van der Waals surface area contributed by atoms with Crippen molar-refractivity contribution < 1.29 is 4.79 Å². The Labute approximate surface area is 110 Å². The van der Waals surface area contributed by atoms with E-state index in [1.807, 2.05) is 0 Å². The maximum Gasteiger partial charge on any atom is 0.229 e. The average Bonchev–Trinajstić information content (AvgIpc) is 2.74. The van der Waals surface area contributed by atoms with Crippen molar-refractivity contribution in [1.82, 2.24) is 4.90 Å². The van der Waals surface area contributed by atoms with Crippen molar-refractivity contribution >= 4 is 5.91 Å². The largest absolute Gasteiger partial charge is 0.342 e. The summed E-state index contributed by atoms with van der Waals surface area (Å²) < 4.78 is 0. The number of carbonyl (C=O) groups is 1. The number of rotatable bonds is 1. The molecule has 1 aliphatic heterocycles. The first kappa shape index (κ1) is 11.3. The highest BCUT2D eigenvalue weighted by Gasteiger charge is 2.62. The van der Waals surface area contributed by atoms with E-state index in [0.29, 0.717) is 5.91 Å². The summed E-state index contributed by atoms with van der Waals surface area (Å²) >= 11 is 0. The Morgan fingerprint density at radius 3 is 2.56 bits per heavy atom. The molecule has 0 radical (unpaired) electrons. The minimum atomic E-state index is 0.116. The molecule has 5 aliphatic rings. The van der Waals surface area contributed by atoms with Crippen molar-refractivity contribution in [3.8, 4) is 0 Å². The van der Waals surface area contributed by atoms with Crippen LogP contribution in [0.5, 0.6) is 0 Å². The molecule has 0 spiro atoms. The van der Waals surface area contributed by atoms with Gasteiger partial charge in [0.1, 0.15) is 0 Å². The predicted molar refractivity (Wildman–Crippen MR) is 71.0 cm³/mol. The Morgan fingerprint density at radius 2 is 1.89 bits per heavy atom. The molecule has 0 aromatic heterocycles. The zero-order chi connectivity index (χ0) is 12.3. The van der Waals surface area contributed by atoms with Crippen LogP contribution in [-0.4, -0.2) is 23.9 Å². The fourth-order valence-electron chi connectivity index (χ4n) is 5.83. The van der Waals surface area contributed by atoms with Gasteiger partial charge in [-0.1, -0.05) is 6.92 Å². The van der Waals surface area contributed by atoms with Crippen LogP contribution in [0, 0.1) is 29.1 Å². The predicted octanol–water partition coefficient (Wildman–Crippen LogP) is 3.07. The first-order valence-electron chi connectivity index (χ1n) is 7.97. The van der Waals surface area contributed by atoms with Gasteiger partial charge in [-0.15, -0.1) is 0 Å². The van der Waals surface area contributed by atoms with Gasteiger partial charge >= 0.3 is 0 Å². The molecule has 2 nitrogen and oxygen atoms in total. The Kier molecular flexibility index (Phi) is 2.35. The van der Waals surface area contributed by atoms with Crippen molar-refractivity contribution in [2.24, 2.45) is 29.1 Å². The molecule has 4 aliphatic carbocycles. The molecule has 3 unspecified atom stereocenters. The summed E-state index contributed by atoms with van der Waals surface area (Å²) in [5.74, 6) is 3.83. The molecule has 4 saturated carbocycles. The number of likely N-dealkylation sites (tertiary alicyclic amines) is 1. The van der Waals surface area contributed by atoms with Crippen molar-refractivity contribution in [3.05, 3.63) is 0 Å². The van der Waals surface area contributed by atoms with E-state index in [-0.39, 0.29) is 5.41 Å². The fourth-order valence-corrected chi connectivity index (χ4v) is 5.83. The lowest BCUT2D eigenvalue weighted by Crippen LogP contribution is -2.48. The van der Waals surface area contributed by atoms with E-state index in [1.165, 1.54) is 44.9 Å². The third kappa shape index (κ3) is 1.44. The summed E-state index contributed by atoms with van der Waals surface area (Å²) in [6.45, 7) is 4.37. The van der Waals surface area contributed by atoms with Crippen molar-refractivity contribution in [1.29, 1.82) is 0 Å². The van der Waals surface area contributed by atoms with Gasteiger partial charge in [0.15, 0.2) is 0 Å². The molecule has 18 heavy (non-hydrogen) atoms. The van der Waals surface area contributed by atoms with E-state index in [0.717, 1.165) is 36.8 Å².